The minimum Gasteiger partial charge on any atom is -0.462 e. The number of carbonyl (C=O) groups is 2. The van der Waals surface area contributed by atoms with Crippen molar-refractivity contribution in [3.63, 3.8) is 0 Å². The summed E-state index contributed by atoms with van der Waals surface area (Å²) >= 11 is 2.20. The molecule has 9 nitrogen and oxygen atoms in total. The third-order valence-electron chi connectivity index (χ3n) is 4.45. The van der Waals surface area contributed by atoms with Crippen LogP contribution in [0.3, 0.4) is 0 Å². The summed E-state index contributed by atoms with van der Waals surface area (Å²) in [6.45, 7) is 1.77. The van der Waals surface area contributed by atoms with Crippen molar-refractivity contribution in [3.8, 4) is 0 Å². The van der Waals surface area contributed by atoms with Crippen molar-refractivity contribution in [1.82, 2.24) is 0 Å². The molecular formula is C18H18N2O7S3. The largest absolute Gasteiger partial charge is 0.462 e. The highest BCUT2D eigenvalue weighted by Crippen LogP contribution is 2.39. The Morgan fingerprint density at radius 1 is 1.37 bits per heavy atom. The summed E-state index contributed by atoms with van der Waals surface area (Å²) in [5, 5.41) is 14.1. The van der Waals surface area contributed by atoms with E-state index < -0.39 is 26.6 Å². The lowest BCUT2D eigenvalue weighted by atomic mass is 10.1. The first-order chi connectivity index (χ1) is 14.2. The van der Waals surface area contributed by atoms with Gasteiger partial charge in [-0.2, -0.15) is 0 Å². The molecule has 1 aromatic carbocycles. The van der Waals surface area contributed by atoms with Crippen LogP contribution in [0.4, 0.5) is 10.7 Å². The van der Waals surface area contributed by atoms with E-state index in [4.69, 9.17) is 4.74 Å². The standard InChI is InChI=1S/C18H18N2O7S3/c1-3-27-18(22)15-11-6-7-30(25,26)9-14(11)29-17(15)19-16(21)10-4-5-13(28-2)12(8-10)20(23)24/h4-5,8H,3,6-7,9H2,1-2H3,(H,19,21). The van der Waals surface area contributed by atoms with Crippen molar-refractivity contribution in [2.24, 2.45) is 0 Å². The average Bonchev–Trinajstić information content (AvgIpc) is 3.03. The fourth-order valence-electron chi connectivity index (χ4n) is 3.08. The predicted molar refractivity (Wildman–Crippen MR) is 114 cm³/mol. The minimum atomic E-state index is -3.27. The molecule has 0 saturated heterocycles. The molecule has 3 rings (SSSR count). The van der Waals surface area contributed by atoms with Crippen molar-refractivity contribution >= 4 is 55.5 Å². The van der Waals surface area contributed by atoms with Crippen LogP contribution in [-0.2, 0) is 26.7 Å². The van der Waals surface area contributed by atoms with E-state index in [9.17, 15) is 28.1 Å². The van der Waals surface area contributed by atoms with Crippen LogP contribution in [0, 0.1) is 10.1 Å². The summed E-state index contributed by atoms with van der Waals surface area (Å²) in [4.78, 5) is 36.9. The van der Waals surface area contributed by atoms with Crippen LogP contribution in [0.15, 0.2) is 23.1 Å². The summed E-state index contributed by atoms with van der Waals surface area (Å²) in [6.07, 6.45) is 1.85. The van der Waals surface area contributed by atoms with Gasteiger partial charge >= 0.3 is 5.97 Å². The molecule has 1 aromatic heterocycles. The Balaban J connectivity index is 1.99. The summed E-state index contributed by atoms with van der Waals surface area (Å²) < 4.78 is 29.0. The number of rotatable bonds is 6. The fourth-order valence-corrected chi connectivity index (χ4v) is 6.66. The summed E-state index contributed by atoms with van der Waals surface area (Å²) in [5.74, 6) is -1.58. The number of ether oxygens (including phenoxy) is 1. The number of hydrogen-bond acceptors (Lipinski definition) is 9. The highest BCUT2D eigenvalue weighted by molar-refractivity contribution is 7.98. The number of sulfone groups is 1. The molecule has 0 aliphatic carbocycles. The van der Waals surface area contributed by atoms with Gasteiger partial charge in [0.05, 0.1) is 33.5 Å². The summed E-state index contributed by atoms with van der Waals surface area (Å²) in [7, 11) is -3.27. The van der Waals surface area contributed by atoms with Crippen LogP contribution in [0.5, 0.6) is 0 Å². The van der Waals surface area contributed by atoms with E-state index in [1.165, 1.54) is 30.0 Å². The molecule has 0 radical (unpaired) electrons. The molecule has 1 amide bonds. The Kier molecular flexibility index (Phi) is 6.48. The summed E-state index contributed by atoms with van der Waals surface area (Å²) in [5.41, 5.74) is 0.563. The van der Waals surface area contributed by atoms with E-state index in [1.54, 1.807) is 13.2 Å². The highest BCUT2D eigenvalue weighted by Gasteiger charge is 2.32. The molecule has 0 saturated carbocycles. The Morgan fingerprint density at radius 2 is 2.10 bits per heavy atom. The predicted octanol–water partition coefficient (Wildman–Crippen LogP) is 3.28. The lowest BCUT2D eigenvalue weighted by Crippen LogP contribution is -2.20. The zero-order valence-electron chi connectivity index (χ0n) is 16.1. The molecular weight excluding hydrogens is 452 g/mol. The molecule has 1 aliphatic heterocycles. The number of nitro groups is 1. The number of esters is 1. The molecule has 0 atom stereocenters. The first-order valence-corrected chi connectivity index (χ1v) is 12.7. The van der Waals surface area contributed by atoms with Gasteiger partial charge in [-0.05, 0) is 37.3 Å². The third-order valence-corrected chi connectivity index (χ3v) is 8.12. The zero-order chi connectivity index (χ0) is 22.1. The molecule has 1 aliphatic rings. The normalized spacial score (nSPS) is 14.6. The maximum Gasteiger partial charge on any atom is 0.341 e. The van der Waals surface area contributed by atoms with Gasteiger partial charge in [0.25, 0.3) is 11.6 Å². The molecule has 12 heteroatoms. The van der Waals surface area contributed by atoms with Crippen LogP contribution in [0.1, 0.15) is 38.1 Å². The molecule has 0 unspecified atom stereocenters. The van der Waals surface area contributed by atoms with E-state index in [-0.39, 0.29) is 46.3 Å². The van der Waals surface area contributed by atoms with Gasteiger partial charge < -0.3 is 10.1 Å². The second kappa shape index (κ2) is 8.74. The first kappa shape index (κ1) is 22.2. The van der Waals surface area contributed by atoms with Crippen LogP contribution in [-0.4, -0.2) is 43.8 Å². The lowest BCUT2D eigenvalue weighted by Gasteiger charge is -2.13. The quantitative estimate of drug-likeness (QED) is 0.294. The monoisotopic (exact) mass is 470 g/mol. The molecule has 160 valence electrons. The van der Waals surface area contributed by atoms with E-state index in [1.807, 2.05) is 0 Å². The zero-order valence-corrected chi connectivity index (χ0v) is 18.5. The van der Waals surface area contributed by atoms with Crippen LogP contribution < -0.4 is 5.32 Å². The van der Waals surface area contributed by atoms with Gasteiger partial charge in [-0.3, -0.25) is 14.9 Å². The second-order valence-electron chi connectivity index (χ2n) is 6.37. The number of carbonyl (C=O) groups excluding carboxylic acids is 2. The maximum absolute atomic E-state index is 12.8. The number of fused-ring (bicyclic) bond motifs is 1. The van der Waals surface area contributed by atoms with Crippen molar-refractivity contribution in [1.29, 1.82) is 0 Å². The van der Waals surface area contributed by atoms with Gasteiger partial charge in [-0.25, -0.2) is 13.2 Å². The van der Waals surface area contributed by atoms with Crippen molar-refractivity contribution in [3.05, 3.63) is 49.9 Å². The van der Waals surface area contributed by atoms with Crippen LogP contribution in [0.25, 0.3) is 0 Å². The third kappa shape index (κ3) is 4.50. The van der Waals surface area contributed by atoms with E-state index >= 15 is 0 Å². The number of nitrogens with zero attached hydrogens (tertiary/aromatic N) is 1. The van der Waals surface area contributed by atoms with Gasteiger partial charge in [-0.1, -0.05) is 0 Å². The van der Waals surface area contributed by atoms with E-state index in [0.717, 1.165) is 11.3 Å². The molecule has 2 aromatic rings. The maximum atomic E-state index is 12.8. The van der Waals surface area contributed by atoms with Crippen molar-refractivity contribution < 1.29 is 27.7 Å². The highest BCUT2D eigenvalue weighted by atomic mass is 32.2. The number of nitrogens with one attached hydrogen (secondary N) is 1. The summed E-state index contributed by atoms with van der Waals surface area (Å²) in [6, 6.07) is 4.11. The van der Waals surface area contributed by atoms with E-state index in [0.29, 0.717) is 15.3 Å². The topological polar surface area (TPSA) is 133 Å². The molecule has 1 N–H and O–H groups in total. The van der Waals surface area contributed by atoms with Gasteiger partial charge in [0.1, 0.15) is 5.00 Å². The number of amides is 1. The Labute approximate surface area is 180 Å². The first-order valence-electron chi connectivity index (χ1n) is 8.82. The van der Waals surface area contributed by atoms with Crippen LogP contribution in [0.2, 0.25) is 0 Å². The van der Waals surface area contributed by atoms with E-state index in [2.05, 4.69) is 5.32 Å². The number of thioether (sulfide) groups is 1. The van der Waals surface area contributed by atoms with Crippen molar-refractivity contribution in [2.75, 3.05) is 23.9 Å². The lowest BCUT2D eigenvalue weighted by molar-refractivity contribution is -0.387. The van der Waals surface area contributed by atoms with Gasteiger partial charge in [-0.15, -0.1) is 23.1 Å². The van der Waals surface area contributed by atoms with Crippen LogP contribution >= 0.6 is 23.1 Å². The smallest absolute Gasteiger partial charge is 0.341 e. The van der Waals surface area contributed by atoms with Gasteiger partial charge in [0.2, 0.25) is 0 Å². The average molecular weight is 471 g/mol. The molecule has 0 bridgehead atoms. The molecule has 0 fully saturated rings. The SMILES string of the molecule is CCOC(=O)c1c(NC(=O)c2ccc(SC)c([N+](=O)[O-])c2)sc2c1CCS(=O)(=O)C2. The molecule has 30 heavy (non-hydrogen) atoms. The number of anilines is 1. The van der Waals surface area contributed by atoms with Gasteiger partial charge in [0, 0.05) is 16.5 Å². The number of hydrogen-bond donors (Lipinski definition) is 1. The Hall–Kier alpha value is -2.44. The fraction of sp³-hybridized carbons (Fsp3) is 0.333. The Morgan fingerprint density at radius 3 is 2.73 bits per heavy atom. The minimum absolute atomic E-state index is 0.0494. The van der Waals surface area contributed by atoms with Gasteiger partial charge in [0.15, 0.2) is 9.84 Å². The number of nitro benzene ring substituents is 1. The Bertz CT molecular complexity index is 1140. The second-order valence-corrected chi connectivity index (χ2v) is 10.5. The molecule has 2 heterocycles. The number of benzene rings is 1. The molecule has 0 spiro atoms. The van der Waals surface area contributed by atoms with Crippen molar-refractivity contribution in [2.45, 2.75) is 24.0 Å². The number of thiophene rings is 1.